The summed E-state index contributed by atoms with van der Waals surface area (Å²) >= 11 is 0. The van der Waals surface area contributed by atoms with Crippen LogP contribution in [-0.4, -0.2) is 59.9 Å². The Hall–Kier alpha value is -3.87. The van der Waals surface area contributed by atoms with Crippen molar-refractivity contribution in [2.45, 2.75) is 13.5 Å². The van der Waals surface area contributed by atoms with Crippen molar-refractivity contribution >= 4 is 23.3 Å². The molecule has 0 radical (unpaired) electrons. The predicted octanol–water partition coefficient (Wildman–Crippen LogP) is 3.83. The number of pyridine rings is 1. The molecule has 1 aromatic heterocycles. The van der Waals surface area contributed by atoms with Gasteiger partial charge in [-0.25, -0.2) is 4.79 Å². The molecule has 2 heterocycles. The van der Waals surface area contributed by atoms with E-state index in [1.54, 1.807) is 17.3 Å². The maximum absolute atomic E-state index is 13.0. The molecule has 0 bridgehead atoms. The van der Waals surface area contributed by atoms with Crippen LogP contribution in [0.3, 0.4) is 0 Å². The fourth-order valence-electron chi connectivity index (χ4n) is 3.93. The van der Waals surface area contributed by atoms with Gasteiger partial charge in [-0.2, -0.15) is 0 Å². The Morgan fingerprint density at radius 1 is 0.879 bits per heavy atom. The summed E-state index contributed by atoms with van der Waals surface area (Å²) in [6.45, 7) is 4.63. The molecule has 1 fully saturated rings. The summed E-state index contributed by atoms with van der Waals surface area (Å²) in [5.74, 6) is -0.00640. The van der Waals surface area contributed by atoms with Gasteiger partial charge < -0.3 is 20.0 Å². The first-order chi connectivity index (χ1) is 16.0. The highest BCUT2D eigenvalue weighted by Crippen LogP contribution is 2.23. The van der Waals surface area contributed by atoms with E-state index >= 15 is 0 Å². The minimum absolute atomic E-state index is 0.00640. The zero-order valence-corrected chi connectivity index (χ0v) is 19.1. The maximum Gasteiger partial charge on any atom is 0.317 e. The number of carbonyl (C=O) groups excluding carboxylic acids is 2. The fraction of sp³-hybridized carbons (Fsp3) is 0.269. The number of carbonyl (C=O) groups is 2. The predicted molar refractivity (Wildman–Crippen MR) is 130 cm³/mol. The SMILES string of the molecule is Cc1ccccc1CNC(=O)N1CCN(C(=O)c2ccc(N(C)c3ccncc3)cc2)CC1. The van der Waals surface area contributed by atoms with Crippen LogP contribution < -0.4 is 10.2 Å². The van der Waals surface area contributed by atoms with Gasteiger partial charge in [-0.1, -0.05) is 24.3 Å². The van der Waals surface area contributed by atoms with Gasteiger partial charge in [0.25, 0.3) is 5.91 Å². The van der Waals surface area contributed by atoms with E-state index in [0.29, 0.717) is 38.3 Å². The van der Waals surface area contributed by atoms with Crippen LogP contribution in [0.4, 0.5) is 16.2 Å². The van der Waals surface area contributed by atoms with Crippen LogP contribution in [-0.2, 0) is 6.54 Å². The number of hydrogen-bond acceptors (Lipinski definition) is 4. The van der Waals surface area contributed by atoms with E-state index in [1.165, 1.54) is 0 Å². The van der Waals surface area contributed by atoms with Gasteiger partial charge in [0.2, 0.25) is 0 Å². The molecule has 7 heteroatoms. The lowest BCUT2D eigenvalue weighted by Crippen LogP contribution is -2.53. The highest BCUT2D eigenvalue weighted by atomic mass is 16.2. The standard InChI is InChI=1S/C26H29N5O2/c1-20-5-3-4-6-22(20)19-28-26(33)31-17-15-30(16-18-31)25(32)21-7-9-23(10-8-21)29(2)24-11-13-27-14-12-24/h3-14H,15-19H2,1-2H3,(H,28,33). The minimum Gasteiger partial charge on any atom is -0.345 e. The quantitative estimate of drug-likeness (QED) is 0.651. The average molecular weight is 444 g/mol. The number of hydrogen-bond donors (Lipinski definition) is 1. The van der Waals surface area contributed by atoms with Crippen LogP contribution in [0.5, 0.6) is 0 Å². The van der Waals surface area contributed by atoms with E-state index < -0.39 is 0 Å². The number of amides is 3. The summed E-state index contributed by atoms with van der Waals surface area (Å²) in [5, 5.41) is 2.99. The number of urea groups is 1. The van der Waals surface area contributed by atoms with Gasteiger partial charge in [0.05, 0.1) is 0 Å². The number of aryl methyl sites for hydroxylation is 1. The van der Waals surface area contributed by atoms with E-state index in [9.17, 15) is 9.59 Å². The van der Waals surface area contributed by atoms with Gasteiger partial charge >= 0.3 is 6.03 Å². The molecule has 0 aliphatic carbocycles. The Morgan fingerprint density at radius 2 is 1.48 bits per heavy atom. The second-order valence-corrected chi connectivity index (χ2v) is 8.18. The highest BCUT2D eigenvalue weighted by molar-refractivity contribution is 5.95. The molecule has 1 aliphatic heterocycles. The van der Waals surface area contributed by atoms with Gasteiger partial charge in [0.15, 0.2) is 0 Å². The minimum atomic E-state index is -0.0890. The van der Waals surface area contributed by atoms with Crippen LogP contribution in [0.25, 0.3) is 0 Å². The molecule has 4 rings (SSSR count). The van der Waals surface area contributed by atoms with Gasteiger partial charge in [0, 0.05) is 69.1 Å². The Kier molecular flexibility index (Phi) is 6.88. The van der Waals surface area contributed by atoms with E-state index in [1.807, 2.05) is 84.4 Å². The zero-order chi connectivity index (χ0) is 23.2. The van der Waals surface area contributed by atoms with Crippen LogP contribution in [0.15, 0.2) is 73.1 Å². The molecule has 2 aromatic carbocycles. The largest absolute Gasteiger partial charge is 0.345 e. The lowest BCUT2D eigenvalue weighted by Gasteiger charge is -2.35. The third-order valence-electron chi connectivity index (χ3n) is 6.10. The van der Waals surface area contributed by atoms with Gasteiger partial charge in [-0.15, -0.1) is 0 Å². The number of nitrogens with zero attached hydrogens (tertiary/aromatic N) is 4. The molecule has 1 aliphatic rings. The molecule has 170 valence electrons. The smallest absolute Gasteiger partial charge is 0.317 e. The number of nitrogens with one attached hydrogen (secondary N) is 1. The molecule has 3 aromatic rings. The van der Waals surface area contributed by atoms with Crippen molar-refractivity contribution in [2.75, 3.05) is 38.1 Å². The Balaban J connectivity index is 1.29. The molecular formula is C26H29N5O2. The van der Waals surface area contributed by atoms with E-state index in [2.05, 4.69) is 10.3 Å². The van der Waals surface area contributed by atoms with Crippen molar-refractivity contribution in [3.05, 3.63) is 89.7 Å². The Labute approximate surface area is 194 Å². The number of benzene rings is 2. The normalized spacial score (nSPS) is 13.5. The van der Waals surface area contributed by atoms with Gasteiger partial charge in [-0.05, 0) is 54.4 Å². The number of piperazine rings is 1. The van der Waals surface area contributed by atoms with E-state index in [-0.39, 0.29) is 11.9 Å². The summed E-state index contributed by atoms with van der Waals surface area (Å²) in [5.41, 5.74) is 4.94. The summed E-state index contributed by atoms with van der Waals surface area (Å²) in [7, 11) is 1.98. The third kappa shape index (κ3) is 5.31. The molecule has 7 nitrogen and oxygen atoms in total. The highest BCUT2D eigenvalue weighted by Gasteiger charge is 2.25. The van der Waals surface area contributed by atoms with Crippen LogP contribution in [0.1, 0.15) is 21.5 Å². The van der Waals surface area contributed by atoms with Crippen molar-refractivity contribution in [3.63, 3.8) is 0 Å². The van der Waals surface area contributed by atoms with Crippen molar-refractivity contribution in [2.24, 2.45) is 0 Å². The summed E-state index contributed by atoms with van der Waals surface area (Å²) in [6, 6.07) is 19.4. The second kappa shape index (κ2) is 10.2. The third-order valence-corrected chi connectivity index (χ3v) is 6.10. The topological polar surface area (TPSA) is 68.8 Å². The molecule has 0 saturated carbocycles. The lowest BCUT2D eigenvalue weighted by molar-refractivity contribution is 0.0665. The number of anilines is 2. The number of rotatable bonds is 5. The van der Waals surface area contributed by atoms with Crippen LogP contribution in [0.2, 0.25) is 0 Å². The molecule has 33 heavy (non-hydrogen) atoms. The summed E-state index contributed by atoms with van der Waals surface area (Å²) in [6.07, 6.45) is 3.51. The van der Waals surface area contributed by atoms with Gasteiger partial charge in [-0.3, -0.25) is 9.78 Å². The average Bonchev–Trinajstić information content (AvgIpc) is 2.88. The van der Waals surface area contributed by atoms with E-state index in [4.69, 9.17) is 0 Å². The molecule has 3 amide bonds. The monoisotopic (exact) mass is 443 g/mol. The first-order valence-electron chi connectivity index (χ1n) is 11.1. The van der Waals surface area contributed by atoms with Gasteiger partial charge in [0.1, 0.15) is 0 Å². The van der Waals surface area contributed by atoms with Crippen molar-refractivity contribution in [1.29, 1.82) is 0 Å². The molecule has 0 atom stereocenters. The van der Waals surface area contributed by atoms with Crippen LogP contribution in [0, 0.1) is 6.92 Å². The Morgan fingerprint density at radius 3 is 2.15 bits per heavy atom. The zero-order valence-electron chi connectivity index (χ0n) is 19.1. The lowest BCUT2D eigenvalue weighted by atomic mass is 10.1. The first-order valence-corrected chi connectivity index (χ1v) is 11.1. The first kappa shape index (κ1) is 22.3. The molecule has 0 spiro atoms. The van der Waals surface area contributed by atoms with Crippen molar-refractivity contribution < 1.29 is 9.59 Å². The second-order valence-electron chi connectivity index (χ2n) is 8.18. The summed E-state index contributed by atoms with van der Waals surface area (Å²) < 4.78 is 0. The van der Waals surface area contributed by atoms with Crippen molar-refractivity contribution in [3.8, 4) is 0 Å². The molecule has 1 N–H and O–H groups in total. The van der Waals surface area contributed by atoms with Crippen molar-refractivity contribution in [1.82, 2.24) is 20.1 Å². The molecular weight excluding hydrogens is 414 g/mol. The molecule has 0 unspecified atom stereocenters. The number of aromatic nitrogens is 1. The summed E-state index contributed by atoms with van der Waals surface area (Å²) in [4.78, 5) is 35.2. The maximum atomic E-state index is 13.0. The van der Waals surface area contributed by atoms with Crippen LogP contribution >= 0.6 is 0 Å². The molecule has 1 saturated heterocycles. The fourth-order valence-corrected chi connectivity index (χ4v) is 3.93. The van der Waals surface area contributed by atoms with E-state index in [0.717, 1.165) is 22.5 Å². The Bertz CT molecular complexity index is 1090.